The van der Waals surface area contributed by atoms with Crippen LogP contribution in [-0.2, 0) is 6.42 Å². The number of halogens is 2. The highest BCUT2D eigenvalue weighted by molar-refractivity contribution is 6.30. The Balaban J connectivity index is 1.68. The predicted molar refractivity (Wildman–Crippen MR) is 115 cm³/mol. The lowest BCUT2D eigenvalue weighted by Crippen LogP contribution is -2.44. The van der Waals surface area contributed by atoms with Crippen molar-refractivity contribution < 1.29 is 9.18 Å². The zero-order valence-electron chi connectivity index (χ0n) is 16.2. The van der Waals surface area contributed by atoms with E-state index >= 15 is 0 Å². The molecule has 3 aromatic rings. The molecule has 3 heterocycles. The zero-order chi connectivity index (χ0) is 21.1. The van der Waals surface area contributed by atoms with Gasteiger partial charge in [0.2, 0.25) is 5.91 Å². The lowest BCUT2D eigenvalue weighted by Gasteiger charge is -2.29. The summed E-state index contributed by atoms with van der Waals surface area (Å²) in [4.78, 5) is 23.1. The van der Waals surface area contributed by atoms with Gasteiger partial charge in [-0.2, -0.15) is 0 Å². The molecule has 0 aliphatic carbocycles. The topological polar surface area (TPSA) is 84.1 Å². The Morgan fingerprint density at radius 3 is 2.70 bits per heavy atom. The first-order valence-corrected chi connectivity index (χ1v) is 10.0. The summed E-state index contributed by atoms with van der Waals surface area (Å²) in [6.45, 7) is 3.30. The summed E-state index contributed by atoms with van der Waals surface area (Å²) in [5.41, 5.74) is 8.56. The Hall–Kier alpha value is -3.03. The number of carbonyl (C=O) groups excluding carboxylic acids is 1. The van der Waals surface area contributed by atoms with Crippen molar-refractivity contribution in [1.82, 2.24) is 15.3 Å². The summed E-state index contributed by atoms with van der Waals surface area (Å²) < 4.78 is 14.2. The molecule has 0 saturated carbocycles. The minimum atomic E-state index is -0.507. The van der Waals surface area contributed by atoms with E-state index in [2.05, 4.69) is 15.2 Å². The van der Waals surface area contributed by atoms with E-state index in [1.807, 2.05) is 12.1 Å². The molecule has 0 atom stereocenters. The van der Waals surface area contributed by atoms with Gasteiger partial charge in [0.25, 0.3) is 0 Å². The summed E-state index contributed by atoms with van der Waals surface area (Å²) in [6.07, 6.45) is 1.97. The molecule has 2 aromatic heterocycles. The van der Waals surface area contributed by atoms with Crippen LogP contribution >= 0.6 is 11.6 Å². The summed E-state index contributed by atoms with van der Waals surface area (Å²) in [5.74, 6) is -0.165. The number of amides is 1. The summed E-state index contributed by atoms with van der Waals surface area (Å²) in [7, 11) is 0. The zero-order valence-corrected chi connectivity index (χ0v) is 17.0. The SMILES string of the molecule is NC(=O)c1cc(-c2ccnc(Cc3ccc(Cl)cc3F)c2)nc(N2CCNCC2)c1. The first kappa shape index (κ1) is 20.3. The van der Waals surface area contributed by atoms with Gasteiger partial charge in [0.1, 0.15) is 11.6 Å². The molecule has 1 aliphatic heterocycles. The molecule has 6 nitrogen and oxygen atoms in total. The summed E-state index contributed by atoms with van der Waals surface area (Å²) >= 11 is 5.83. The van der Waals surface area contributed by atoms with Gasteiger partial charge in [-0.1, -0.05) is 17.7 Å². The lowest BCUT2D eigenvalue weighted by atomic mass is 10.0. The monoisotopic (exact) mass is 425 g/mol. The van der Waals surface area contributed by atoms with Gasteiger partial charge in [0.05, 0.1) is 5.69 Å². The fourth-order valence-electron chi connectivity index (χ4n) is 3.46. The van der Waals surface area contributed by atoms with Gasteiger partial charge >= 0.3 is 0 Å². The molecule has 0 radical (unpaired) electrons. The van der Waals surface area contributed by atoms with Crippen LogP contribution in [0.2, 0.25) is 5.02 Å². The third kappa shape index (κ3) is 4.58. The van der Waals surface area contributed by atoms with Gasteiger partial charge < -0.3 is 16.0 Å². The van der Waals surface area contributed by atoms with Gasteiger partial charge in [0.15, 0.2) is 0 Å². The van der Waals surface area contributed by atoms with Crippen LogP contribution in [0.5, 0.6) is 0 Å². The van der Waals surface area contributed by atoms with E-state index in [0.717, 1.165) is 31.7 Å². The van der Waals surface area contributed by atoms with Crippen molar-refractivity contribution in [2.24, 2.45) is 5.73 Å². The fraction of sp³-hybridized carbons (Fsp3) is 0.227. The van der Waals surface area contributed by atoms with Crippen LogP contribution in [0.25, 0.3) is 11.3 Å². The number of aromatic nitrogens is 2. The summed E-state index contributed by atoms with van der Waals surface area (Å²) in [6, 6.07) is 11.7. The number of hydrogen-bond acceptors (Lipinski definition) is 5. The van der Waals surface area contributed by atoms with Crippen LogP contribution in [0.3, 0.4) is 0 Å². The first-order chi connectivity index (χ1) is 14.5. The number of piperazine rings is 1. The molecule has 1 fully saturated rings. The normalized spacial score (nSPS) is 14.0. The van der Waals surface area contributed by atoms with Crippen molar-refractivity contribution in [3.63, 3.8) is 0 Å². The van der Waals surface area contributed by atoms with E-state index in [1.54, 1.807) is 30.5 Å². The molecule has 1 aliphatic rings. The van der Waals surface area contributed by atoms with Gasteiger partial charge in [-0.3, -0.25) is 9.78 Å². The minimum Gasteiger partial charge on any atom is -0.366 e. The smallest absolute Gasteiger partial charge is 0.248 e. The Labute approximate surface area is 178 Å². The summed E-state index contributed by atoms with van der Waals surface area (Å²) in [5, 5.41) is 3.65. The highest BCUT2D eigenvalue weighted by Crippen LogP contribution is 2.25. The van der Waals surface area contributed by atoms with Crippen LogP contribution < -0.4 is 16.0 Å². The molecule has 0 spiro atoms. The quantitative estimate of drug-likeness (QED) is 0.656. The third-order valence-corrected chi connectivity index (χ3v) is 5.27. The Morgan fingerprint density at radius 2 is 1.97 bits per heavy atom. The maximum atomic E-state index is 14.2. The largest absolute Gasteiger partial charge is 0.366 e. The number of nitrogens with one attached hydrogen (secondary N) is 1. The minimum absolute atomic E-state index is 0.316. The number of pyridine rings is 2. The molecule has 8 heteroatoms. The molecule has 0 unspecified atom stereocenters. The van der Waals surface area contributed by atoms with Crippen molar-refractivity contribution >= 4 is 23.3 Å². The molecular formula is C22H21ClFN5O. The molecule has 4 rings (SSSR count). The second kappa shape index (κ2) is 8.77. The van der Waals surface area contributed by atoms with Crippen LogP contribution in [0.4, 0.5) is 10.2 Å². The standard InChI is InChI=1S/C22H21ClFN5O/c23-17-2-1-14(19(24)13-17)9-18-10-15(3-4-27-18)20-11-16(22(25)30)12-21(28-20)29-7-5-26-6-8-29/h1-4,10-13,26H,5-9H2,(H2,25,30). The maximum absolute atomic E-state index is 14.2. The van der Waals surface area contributed by atoms with Gasteiger partial charge in [-0.15, -0.1) is 0 Å². The number of anilines is 1. The lowest BCUT2D eigenvalue weighted by molar-refractivity contribution is 0.1000. The van der Waals surface area contributed by atoms with E-state index in [1.165, 1.54) is 6.07 Å². The van der Waals surface area contributed by atoms with Crippen molar-refractivity contribution in [2.75, 3.05) is 31.1 Å². The maximum Gasteiger partial charge on any atom is 0.248 e. The van der Waals surface area contributed by atoms with Crippen LogP contribution in [0.1, 0.15) is 21.6 Å². The highest BCUT2D eigenvalue weighted by Gasteiger charge is 2.16. The van der Waals surface area contributed by atoms with Crippen molar-refractivity contribution in [3.8, 4) is 11.3 Å². The van der Waals surface area contributed by atoms with Gasteiger partial charge in [0, 0.05) is 60.6 Å². The van der Waals surface area contributed by atoms with Crippen molar-refractivity contribution in [1.29, 1.82) is 0 Å². The molecular weight excluding hydrogens is 405 g/mol. The molecule has 0 bridgehead atoms. The number of carbonyl (C=O) groups is 1. The molecule has 1 saturated heterocycles. The van der Waals surface area contributed by atoms with Crippen LogP contribution in [0.15, 0.2) is 48.7 Å². The van der Waals surface area contributed by atoms with Crippen LogP contribution in [0, 0.1) is 5.82 Å². The Kier molecular flexibility index (Phi) is 5.92. The van der Waals surface area contributed by atoms with Crippen molar-refractivity contribution in [3.05, 3.63) is 76.3 Å². The molecule has 30 heavy (non-hydrogen) atoms. The molecule has 1 amide bonds. The van der Waals surface area contributed by atoms with E-state index in [4.69, 9.17) is 22.3 Å². The first-order valence-electron chi connectivity index (χ1n) is 9.66. The second-order valence-electron chi connectivity index (χ2n) is 7.15. The van der Waals surface area contributed by atoms with Crippen molar-refractivity contribution in [2.45, 2.75) is 6.42 Å². The van der Waals surface area contributed by atoms with Gasteiger partial charge in [-0.05, 0) is 42.0 Å². The highest BCUT2D eigenvalue weighted by atomic mass is 35.5. The van der Waals surface area contributed by atoms with E-state index in [0.29, 0.717) is 39.8 Å². The predicted octanol–water partition coefficient (Wildman–Crippen LogP) is 3.04. The average molecular weight is 426 g/mol. The molecule has 1 aromatic carbocycles. The number of nitrogens with zero attached hydrogens (tertiary/aromatic N) is 3. The molecule has 154 valence electrons. The van der Waals surface area contributed by atoms with Crippen LogP contribution in [-0.4, -0.2) is 42.1 Å². The van der Waals surface area contributed by atoms with Gasteiger partial charge in [-0.25, -0.2) is 9.37 Å². The molecule has 3 N–H and O–H groups in total. The third-order valence-electron chi connectivity index (χ3n) is 5.04. The average Bonchev–Trinajstić information content (AvgIpc) is 2.76. The Morgan fingerprint density at radius 1 is 1.17 bits per heavy atom. The van der Waals surface area contributed by atoms with E-state index in [9.17, 15) is 9.18 Å². The fourth-order valence-corrected chi connectivity index (χ4v) is 3.62. The number of rotatable bonds is 5. The Bertz CT molecular complexity index is 1080. The number of benzene rings is 1. The second-order valence-corrected chi connectivity index (χ2v) is 7.59. The number of primary amides is 1. The number of nitrogens with two attached hydrogens (primary N) is 1. The number of hydrogen-bond donors (Lipinski definition) is 2. The van der Waals surface area contributed by atoms with E-state index < -0.39 is 5.91 Å². The van der Waals surface area contributed by atoms with E-state index in [-0.39, 0.29) is 5.82 Å².